The van der Waals surface area contributed by atoms with Gasteiger partial charge >= 0.3 is 0 Å². The molecule has 0 spiro atoms. The van der Waals surface area contributed by atoms with Crippen LogP contribution in [0.15, 0.2) is 28.7 Å². The second-order valence-electron chi connectivity index (χ2n) is 3.77. The fourth-order valence-electron chi connectivity index (χ4n) is 1.66. The molecular formula is C11H12BrNO2. The van der Waals surface area contributed by atoms with Crippen molar-refractivity contribution in [1.29, 1.82) is 0 Å². The van der Waals surface area contributed by atoms with Gasteiger partial charge in [-0.2, -0.15) is 0 Å². The molecule has 1 heterocycles. The van der Waals surface area contributed by atoms with Gasteiger partial charge in [0.2, 0.25) is 0 Å². The van der Waals surface area contributed by atoms with E-state index in [0.717, 1.165) is 4.47 Å². The van der Waals surface area contributed by atoms with Crippen LogP contribution in [0.3, 0.4) is 0 Å². The summed E-state index contributed by atoms with van der Waals surface area (Å²) in [7, 11) is 0. The summed E-state index contributed by atoms with van der Waals surface area (Å²) in [4.78, 5) is 13.6. The van der Waals surface area contributed by atoms with Gasteiger partial charge in [-0.1, -0.05) is 22.0 Å². The van der Waals surface area contributed by atoms with Gasteiger partial charge in [0.15, 0.2) is 0 Å². The smallest absolute Gasteiger partial charge is 0.253 e. The van der Waals surface area contributed by atoms with Gasteiger partial charge in [0.05, 0.1) is 0 Å². The minimum Gasteiger partial charge on any atom is -0.396 e. The highest BCUT2D eigenvalue weighted by molar-refractivity contribution is 9.10. The zero-order valence-electron chi connectivity index (χ0n) is 8.19. The van der Waals surface area contributed by atoms with E-state index in [1.165, 1.54) is 0 Å². The molecule has 4 heteroatoms. The maximum atomic E-state index is 11.9. The number of carbonyl (C=O) groups excluding carboxylic acids is 1. The van der Waals surface area contributed by atoms with Gasteiger partial charge in [-0.3, -0.25) is 4.79 Å². The van der Waals surface area contributed by atoms with E-state index in [1.54, 1.807) is 11.0 Å². The quantitative estimate of drug-likeness (QED) is 0.885. The molecular weight excluding hydrogens is 258 g/mol. The second kappa shape index (κ2) is 4.33. The van der Waals surface area contributed by atoms with E-state index in [2.05, 4.69) is 15.9 Å². The van der Waals surface area contributed by atoms with Crippen molar-refractivity contribution in [3.8, 4) is 0 Å². The van der Waals surface area contributed by atoms with Crippen molar-refractivity contribution < 1.29 is 9.90 Å². The number of benzene rings is 1. The largest absolute Gasteiger partial charge is 0.396 e. The zero-order valence-corrected chi connectivity index (χ0v) is 9.77. The van der Waals surface area contributed by atoms with Crippen molar-refractivity contribution in [2.45, 2.75) is 0 Å². The first-order valence-electron chi connectivity index (χ1n) is 4.86. The van der Waals surface area contributed by atoms with Crippen LogP contribution in [0.5, 0.6) is 0 Å². The lowest BCUT2D eigenvalue weighted by Gasteiger charge is -2.38. The molecule has 1 saturated heterocycles. The van der Waals surface area contributed by atoms with Crippen LogP contribution < -0.4 is 0 Å². The van der Waals surface area contributed by atoms with E-state index < -0.39 is 0 Å². The standard InChI is InChI=1S/C11H12BrNO2/c12-10-3-1-2-9(4-10)11(15)13-5-8(6-13)7-14/h1-4,8,14H,5-7H2. The predicted molar refractivity (Wildman–Crippen MR) is 60.6 cm³/mol. The molecule has 80 valence electrons. The average Bonchev–Trinajstić information content (AvgIpc) is 2.16. The van der Waals surface area contributed by atoms with Gasteiger partial charge in [-0.15, -0.1) is 0 Å². The Balaban J connectivity index is 2.03. The number of hydrogen-bond donors (Lipinski definition) is 1. The number of aliphatic hydroxyl groups is 1. The van der Waals surface area contributed by atoms with Crippen molar-refractivity contribution in [1.82, 2.24) is 4.90 Å². The third kappa shape index (κ3) is 2.21. The number of nitrogens with zero attached hydrogens (tertiary/aromatic N) is 1. The minimum atomic E-state index is 0.0426. The highest BCUT2D eigenvalue weighted by atomic mass is 79.9. The van der Waals surface area contributed by atoms with Crippen LogP contribution >= 0.6 is 15.9 Å². The topological polar surface area (TPSA) is 40.5 Å². The molecule has 1 aromatic carbocycles. The molecule has 2 rings (SSSR count). The Hall–Kier alpha value is -0.870. The molecule has 0 unspecified atom stereocenters. The number of rotatable bonds is 2. The third-order valence-corrected chi connectivity index (χ3v) is 3.07. The molecule has 1 fully saturated rings. The second-order valence-corrected chi connectivity index (χ2v) is 4.68. The average molecular weight is 270 g/mol. The van der Waals surface area contributed by atoms with Crippen molar-refractivity contribution in [2.24, 2.45) is 5.92 Å². The molecule has 3 nitrogen and oxygen atoms in total. The number of hydrogen-bond acceptors (Lipinski definition) is 2. The Morgan fingerprint density at radius 2 is 2.27 bits per heavy atom. The lowest BCUT2D eigenvalue weighted by Crippen LogP contribution is -2.51. The number of aliphatic hydroxyl groups excluding tert-OH is 1. The van der Waals surface area contributed by atoms with E-state index in [1.807, 2.05) is 18.2 Å². The van der Waals surface area contributed by atoms with Crippen molar-refractivity contribution in [3.05, 3.63) is 34.3 Å². The first-order valence-corrected chi connectivity index (χ1v) is 5.65. The van der Waals surface area contributed by atoms with Crippen LogP contribution in [-0.2, 0) is 0 Å². The summed E-state index contributed by atoms with van der Waals surface area (Å²) >= 11 is 3.33. The van der Waals surface area contributed by atoms with Gasteiger partial charge in [-0.25, -0.2) is 0 Å². The van der Waals surface area contributed by atoms with Crippen molar-refractivity contribution >= 4 is 21.8 Å². The van der Waals surface area contributed by atoms with Gasteiger partial charge < -0.3 is 10.0 Å². The SMILES string of the molecule is O=C(c1cccc(Br)c1)N1CC(CO)C1. The maximum Gasteiger partial charge on any atom is 0.253 e. The van der Waals surface area contributed by atoms with E-state index in [9.17, 15) is 4.79 Å². The van der Waals surface area contributed by atoms with Crippen LogP contribution in [0, 0.1) is 5.92 Å². The number of likely N-dealkylation sites (tertiary alicyclic amines) is 1. The Kier molecular flexibility index (Phi) is 3.07. The lowest BCUT2D eigenvalue weighted by molar-refractivity contribution is 0.0362. The first kappa shape index (κ1) is 10.6. The van der Waals surface area contributed by atoms with E-state index in [0.29, 0.717) is 18.7 Å². The molecule has 0 aromatic heterocycles. The third-order valence-electron chi connectivity index (χ3n) is 2.57. The lowest BCUT2D eigenvalue weighted by atomic mass is 10.00. The Morgan fingerprint density at radius 3 is 2.87 bits per heavy atom. The summed E-state index contributed by atoms with van der Waals surface area (Å²) in [5, 5.41) is 8.85. The van der Waals surface area contributed by atoms with Gasteiger partial charge in [0, 0.05) is 35.7 Å². The van der Waals surface area contributed by atoms with Crippen LogP contribution in [-0.4, -0.2) is 35.6 Å². The fraction of sp³-hybridized carbons (Fsp3) is 0.364. The molecule has 0 atom stereocenters. The number of amides is 1. The first-order chi connectivity index (χ1) is 7.20. The molecule has 1 aliphatic heterocycles. The summed E-state index contributed by atoms with van der Waals surface area (Å²) in [5.74, 6) is 0.308. The summed E-state index contributed by atoms with van der Waals surface area (Å²) < 4.78 is 0.910. The number of halogens is 1. The zero-order chi connectivity index (χ0) is 10.8. The summed E-state index contributed by atoms with van der Waals surface area (Å²) in [6, 6.07) is 7.36. The minimum absolute atomic E-state index is 0.0426. The van der Waals surface area contributed by atoms with Crippen LogP contribution in [0.2, 0.25) is 0 Å². The highest BCUT2D eigenvalue weighted by Gasteiger charge is 2.30. The summed E-state index contributed by atoms with van der Waals surface area (Å²) in [6.45, 7) is 1.51. The van der Waals surface area contributed by atoms with Crippen molar-refractivity contribution in [2.75, 3.05) is 19.7 Å². The summed E-state index contributed by atoms with van der Waals surface area (Å²) in [5.41, 5.74) is 0.695. The monoisotopic (exact) mass is 269 g/mol. The van der Waals surface area contributed by atoms with Gasteiger partial charge in [0.1, 0.15) is 0 Å². The Bertz CT molecular complexity index is 375. The Morgan fingerprint density at radius 1 is 1.53 bits per heavy atom. The van der Waals surface area contributed by atoms with E-state index >= 15 is 0 Å². The molecule has 15 heavy (non-hydrogen) atoms. The molecule has 1 aromatic rings. The highest BCUT2D eigenvalue weighted by Crippen LogP contribution is 2.19. The molecule has 1 N–H and O–H groups in total. The van der Waals surface area contributed by atoms with Gasteiger partial charge in [-0.05, 0) is 18.2 Å². The molecule has 0 saturated carbocycles. The van der Waals surface area contributed by atoms with Crippen LogP contribution in [0.25, 0.3) is 0 Å². The summed E-state index contributed by atoms with van der Waals surface area (Å²) in [6.07, 6.45) is 0. The number of carbonyl (C=O) groups is 1. The van der Waals surface area contributed by atoms with Crippen LogP contribution in [0.1, 0.15) is 10.4 Å². The van der Waals surface area contributed by atoms with Crippen molar-refractivity contribution in [3.63, 3.8) is 0 Å². The molecule has 1 aliphatic rings. The molecule has 1 amide bonds. The van der Waals surface area contributed by atoms with E-state index in [-0.39, 0.29) is 18.4 Å². The predicted octanol–water partition coefficient (Wildman–Crippen LogP) is 1.51. The Labute approximate surface area is 96.8 Å². The fourth-order valence-corrected chi connectivity index (χ4v) is 2.05. The normalized spacial score (nSPS) is 16.3. The van der Waals surface area contributed by atoms with Gasteiger partial charge in [0.25, 0.3) is 5.91 Å². The molecule has 0 aliphatic carbocycles. The van der Waals surface area contributed by atoms with E-state index in [4.69, 9.17) is 5.11 Å². The molecule has 0 radical (unpaired) electrons. The molecule has 0 bridgehead atoms. The maximum absolute atomic E-state index is 11.9. The van der Waals surface area contributed by atoms with Crippen LogP contribution in [0.4, 0.5) is 0 Å².